The third-order valence-electron chi connectivity index (χ3n) is 6.91. The van der Waals surface area contributed by atoms with Crippen LogP contribution in [0.3, 0.4) is 0 Å². The number of carbonyl (C=O) groups excluding carboxylic acids is 3. The first-order valence-corrected chi connectivity index (χ1v) is 10.7. The molecule has 0 spiro atoms. The standard InChI is InChI=1S/C20H18ClF3N4O5/c1-3-32-19(31)14-13-8-5-9(15(13)33-26-14)12-11(8)17(29)28(18(12)30)27(2)16-10(21)4-7(6-25-16)20(22,23)24/h4,6,8-9,11-13,15H,3,5H2,1-2H3/t8-,9-,11-,12-,13-,15-/m1/s1. The monoisotopic (exact) mass is 486 g/mol. The molecule has 5 rings (SSSR count). The topological polar surface area (TPSA) is 101 Å². The predicted octanol–water partition coefficient (Wildman–Crippen LogP) is 2.29. The number of nitrogens with zero attached hydrogens (tertiary/aromatic N) is 4. The Morgan fingerprint density at radius 1 is 1.27 bits per heavy atom. The van der Waals surface area contributed by atoms with Crippen molar-refractivity contribution in [3.63, 3.8) is 0 Å². The highest BCUT2D eigenvalue weighted by atomic mass is 35.5. The van der Waals surface area contributed by atoms with Crippen molar-refractivity contribution in [2.45, 2.75) is 25.6 Å². The Hall–Kier alpha value is -2.89. The molecule has 0 aromatic carbocycles. The molecule has 1 aromatic rings. The highest BCUT2D eigenvalue weighted by Crippen LogP contribution is 2.61. The summed E-state index contributed by atoms with van der Waals surface area (Å²) in [5.74, 6) is -4.32. The van der Waals surface area contributed by atoms with Crippen molar-refractivity contribution in [3.05, 3.63) is 22.8 Å². The Morgan fingerprint density at radius 2 is 1.94 bits per heavy atom. The summed E-state index contributed by atoms with van der Waals surface area (Å²) in [6.07, 6.45) is -4.03. The lowest BCUT2D eigenvalue weighted by Crippen LogP contribution is -2.46. The highest BCUT2D eigenvalue weighted by Gasteiger charge is 2.71. The number of aromatic nitrogens is 1. The lowest BCUT2D eigenvalue weighted by atomic mass is 9.72. The first kappa shape index (κ1) is 21.9. The molecule has 3 fully saturated rings. The largest absolute Gasteiger partial charge is 0.461 e. The van der Waals surface area contributed by atoms with E-state index < -0.39 is 53.4 Å². The van der Waals surface area contributed by atoms with Crippen LogP contribution in [0.15, 0.2) is 17.4 Å². The molecule has 1 saturated heterocycles. The minimum atomic E-state index is -4.64. The fourth-order valence-electron chi connectivity index (χ4n) is 5.70. The lowest BCUT2D eigenvalue weighted by Gasteiger charge is -2.29. The molecule has 13 heteroatoms. The van der Waals surface area contributed by atoms with Gasteiger partial charge in [-0.1, -0.05) is 16.8 Å². The van der Waals surface area contributed by atoms with Gasteiger partial charge >= 0.3 is 12.1 Å². The fourth-order valence-corrected chi connectivity index (χ4v) is 5.98. The van der Waals surface area contributed by atoms with Gasteiger partial charge in [0.05, 0.1) is 34.9 Å². The second kappa shape index (κ2) is 7.31. The Kier molecular flexibility index (Phi) is 4.86. The van der Waals surface area contributed by atoms with Gasteiger partial charge < -0.3 is 9.57 Å². The van der Waals surface area contributed by atoms with E-state index in [9.17, 15) is 27.6 Å². The van der Waals surface area contributed by atoms with Crippen LogP contribution in [0.5, 0.6) is 0 Å². The van der Waals surface area contributed by atoms with Crippen molar-refractivity contribution >= 4 is 40.9 Å². The number of anilines is 1. The summed E-state index contributed by atoms with van der Waals surface area (Å²) in [4.78, 5) is 48.1. The Labute approximate surface area is 190 Å². The number of alkyl halides is 3. The number of oxime groups is 1. The molecule has 176 valence electrons. The molecule has 0 radical (unpaired) electrons. The summed E-state index contributed by atoms with van der Waals surface area (Å²) in [7, 11) is 1.34. The van der Waals surface area contributed by atoms with Gasteiger partial charge in [-0.25, -0.2) is 9.78 Å². The van der Waals surface area contributed by atoms with E-state index in [4.69, 9.17) is 21.2 Å². The number of amides is 2. The van der Waals surface area contributed by atoms with E-state index in [-0.39, 0.29) is 35.0 Å². The van der Waals surface area contributed by atoms with E-state index in [0.717, 1.165) is 10.0 Å². The van der Waals surface area contributed by atoms with Crippen molar-refractivity contribution in [2.24, 2.45) is 34.7 Å². The van der Waals surface area contributed by atoms with Gasteiger partial charge in [-0.15, -0.1) is 0 Å². The number of halogens is 4. The molecule has 33 heavy (non-hydrogen) atoms. The molecule has 3 heterocycles. The van der Waals surface area contributed by atoms with Crippen LogP contribution in [0.25, 0.3) is 0 Å². The number of hydrogen-bond acceptors (Lipinski definition) is 8. The number of ether oxygens (including phenoxy) is 1. The van der Waals surface area contributed by atoms with Gasteiger partial charge in [-0.3, -0.25) is 14.6 Å². The van der Waals surface area contributed by atoms with E-state index in [2.05, 4.69) is 10.1 Å². The quantitative estimate of drug-likeness (QED) is 0.475. The van der Waals surface area contributed by atoms with Gasteiger partial charge in [0.25, 0.3) is 11.8 Å². The molecule has 2 saturated carbocycles. The van der Waals surface area contributed by atoms with Crippen LogP contribution in [0, 0.1) is 29.6 Å². The first-order valence-electron chi connectivity index (χ1n) is 10.3. The van der Waals surface area contributed by atoms with Gasteiger partial charge in [0, 0.05) is 19.2 Å². The molecule has 2 amide bonds. The summed E-state index contributed by atoms with van der Waals surface area (Å²) in [5, 5.41) is 5.46. The number of carbonyl (C=O) groups is 3. The molecule has 2 aliphatic carbocycles. The number of hydrogen-bond donors (Lipinski definition) is 0. The third-order valence-corrected chi connectivity index (χ3v) is 7.19. The Morgan fingerprint density at radius 3 is 2.55 bits per heavy atom. The first-order chi connectivity index (χ1) is 15.6. The third kappa shape index (κ3) is 3.02. The van der Waals surface area contributed by atoms with E-state index in [1.54, 1.807) is 6.92 Å². The van der Waals surface area contributed by atoms with Crippen molar-refractivity contribution in [1.29, 1.82) is 0 Å². The van der Waals surface area contributed by atoms with Crippen molar-refractivity contribution in [1.82, 2.24) is 9.99 Å². The minimum absolute atomic E-state index is 0.118. The molecular weight excluding hydrogens is 469 g/mol. The molecular formula is C20H18ClF3N4O5. The zero-order valence-electron chi connectivity index (χ0n) is 17.4. The number of esters is 1. The molecule has 2 aliphatic heterocycles. The summed E-state index contributed by atoms with van der Waals surface area (Å²) >= 11 is 6.02. The maximum Gasteiger partial charge on any atom is 0.417 e. The smallest absolute Gasteiger partial charge is 0.417 e. The summed E-state index contributed by atoms with van der Waals surface area (Å²) in [6, 6.07) is 0.691. The number of imide groups is 1. The maximum atomic E-state index is 13.3. The molecule has 9 nitrogen and oxygen atoms in total. The molecule has 2 bridgehead atoms. The molecule has 0 N–H and O–H groups in total. The van der Waals surface area contributed by atoms with E-state index in [0.29, 0.717) is 18.7 Å². The van der Waals surface area contributed by atoms with Crippen molar-refractivity contribution in [3.8, 4) is 0 Å². The molecule has 0 unspecified atom stereocenters. The fraction of sp³-hybridized carbons (Fsp3) is 0.550. The van der Waals surface area contributed by atoms with Crippen LogP contribution in [-0.4, -0.2) is 53.2 Å². The second-order valence-electron chi connectivity index (χ2n) is 8.45. The molecule has 1 aromatic heterocycles. The van der Waals surface area contributed by atoms with Gasteiger partial charge in [0.15, 0.2) is 11.5 Å². The average molecular weight is 487 g/mol. The normalized spacial score (nSPS) is 31.9. The van der Waals surface area contributed by atoms with Gasteiger partial charge in [0.1, 0.15) is 6.10 Å². The Balaban J connectivity index is 1.42. The van der Waals surface area contributed by atoms with E-state index in [1.165, 1.54) is 7.05 Å². The van der Waals surface area contributed by atoms with Gasteiger partial charge in [-0.05, 0) is 25.3 Å². The van der Waals surface area contributed by atoms with Crippen molar-refractivity contribution in [2.75, 3.05) is 18.7 Å². The summed E-state index contributed by atoms with van der Waals surface area (Å²) < 4.78 is 43.9. The average Bonchev–Trinajstić information content (AvgIpc) is 3.47. The van der Waals surface area contributed by atoms with Crippen molar-refractivity contribution < 1.29 is 37.1 Å². The molecule has 4 aliphatic rings. The number of pyridine rings is 1. The zero-order valence-corrected chi connectivity index (χ0v) is 18.1. The van der Waals surface area contributed by atoms with E-state index >= 15 is 0 Å². The lowest BCUT2D eigenvalue weighted by molar-refractivity contribution is -0.142. The van der Waals surface area contributed by atoms with Crippen LogP contribution >= 0.6 is 11.6 Å². The SMILES string of the molecule is CCOC(=O)C1=NO[C@@H]2[C@@H]3C[C@H]([C@H]4C(=O)N(N(C)c5ncc(C(F)(F)F)cc5Cl)C(=O)[C@H]34)[C@H]12. The van der Waals surface area contributed by atoms with Crippen LogP contribution in [0.4, 0.5) is 19.0 Å². The maximum absolute atomic E-state index is 13.3. The summed E-state index contributed by atoms with van der Waals surface area (Å²) in [6.45, 7) is 1.82. The zero-order chi connectivity index (χ0) is 23.8. The Bertz CT molecular complexity index is 1100. The van der Waals surface area contributed by atoms with Gasteiger partial charge in [-0.2, -0.15) is 18.2 Å². The van der Waals surface area contributed by atoms with Crippen LogP contribution < -0.4 is 5.01 Å². The minimum Gasteiger partial charge on any atom is -0.461 e. The number of fused-ring (bicyclic) bond motifs is 8. The van der Waals surface area contributed by atoms with Crippen LogP contribution in [0.1, 0.15) is 18.9 Å². The van der Waals surface area contributed by atoms with E-state index in [1.807, 2.05) is 0 Å². The number of rotatable bonds is 4. The summed E-state index contributed by atoms with van der Waals surface area (Å²) in [5.41, 5.74) is -0.929. The van der Waals surface area contributed by atoms with Crippen LogP contribution in [-0.2, 0) is 30.1 Å². The highest BCUT2D eigenvalue weighted by molar-refractivity contribution is 6.38. The van der Waals surface area contributed by atoms with Gasteiger partial charge in [0.2, 0.25) is 0 Å². The number of hydrazine groups is 1. The van der Waals surface area contributed by atoms with Crippen LogP contribution in [0.2, 0.25) is 5.02 Å². The second-order valence-corrected chi connectivity index (χ2v) is 8.85. The predicted molar refractivity (Wildman–Crippen MR) is 106 cm³/mol. The molecule has 6 atom stereocenters.